The summed E-state index contributed by atoms with van der Waals surface area (Å²) in [4.78, 5) is 0. The van der Waals surface area contributed by atoms with Crippen LogP contribution in [0.1, 0.15) is 44.9 Å². The second-order valence-electron chi connectivity index (χ2n) is 14.9. The van der Waals surface area contributed by atoms with Crippen LogP contribution in [0.25, 0.3) is 0 Å². The molecule has 2 saturated carbocycles. The van der Waals surface area contributed by atoms with Crippen LogP contribution in [-0.2, 0) is 28.4 Å². The highest BCUT2D eigenvalue weighted by molar-refractivity contribution is 5.00. The number of hydrogen-bond donors (Lipinski definition) is 12. The SMILES string of the molecule is OCC1OC(OC2CC(O)CC3[OH+]C(C4CCC(O)CC4)C(OC4OC(CO)C(O)C(O)C4OC4OCC(O)C(O)C4O)CC23)C(O)C(O)C1O. The molecule has 20 atom stereocenters. The van der Waals surface area contributed by atoms with E-state index in [0.29, 0.717) is 25.7 Å². The Labute approximate surface area is 293 Å². The molecule has 4 saturated heterocycles. The average molecular weight is 744 g/mol. The molecular formula is C32H55O19+. The van der Waals surface area contributed by atoms with Crippen LogP contribution >= 0.6 is 0 Å². The fraction of sp³-hybridized carbons (Fsp3) is 1.00. The molecule has 4 heterocycles. The summed E-state index contributed by atoms with van der Waals surface area (Å²) in [6.07, 6.45) is -22.8. The highest BCUT2D eigenvalue weighted by atomic mass is 16.8. The van der Waals surface area contributed by atoms with E-state index in [2.05, 4.69) is 0 Å². The quantitative estimate of drug-likeness (QED) is 0.0978. The van der Waals surface area contributed by atoms with Crippen molar-refractivity contribution in [3.05, 3.63) is 0 Å². The Bertz CT molecular complexity index is 1100. The molecule has 0 aromatic rings. The van der Waals surface area contributed by atoms with Crippen molar-refractivity contribution < 1.29 is 94.4 Å². The number of ether oxygens (including phenoxy) is 7. The Morgan fingerprint density at radius 1 is 0.549 bits per heavy atom. The molecule has 0 aromatic carbocycles. The van der Waals surface area contributed by atoms with Crippen molar-refractivity contribution in [3.8, 4) is 0 Å². The lowest BCUT2D eigenvalue weighted by Gasteiger charge is -2.50. The summed E-state index contributed by atoms with van der Waals surface area (Å²) < 4.78 is 40.7. The van der Waals surface area contributed by atoms with Crippen LogP contribution in [0.4, 0.5) is 0 Å². The molecule has 0 bridgehead atoms. The predicted octanol–water partition coefficient (Wildman–Crippen LogP) is -6.19. The molecule has 6 fully saturated rings. The summed E-state index contributed by atoms with van der Waals surface area (Å²) >= 11 is 0. The van der Waals surface area contributed by atoms with Gasteiger partial charge in [-0.25, -0.2) is 0 Å². The van der Waals surface area contributed by atoms with Gasteiger partial charge in [-0.1, -0.05) is 0 Å². The molecule has 0 spiro atoms. The van der Waals surface area contributed by atoms with Crippen molar-refractivity contribution in [2.45, 2.75) is 168 Å². The fourth-order valence-corrected chi connectivity index (χ4v) is 8.50. The molecule has 0 radical (unpaired) electrons. The van der Waals surface area contributed by atoms with E-state index in [0.717, 1.165) is 0 Å². The molecule has 19 nitrogen and oxygen atoms in total. The maximum absolute atomic E-state index is 11.2. The number of aliphatic hydroxyl groups is 14. The zero-order chi connectivity index (χ0) is 36.7. The second-order valence-corrected chi connectivity index (χ2v) is 14.9. The topological polar surface area (TPSA) is 311 Å². The summed E-state index contributed by atoms with van der Waals surface area (Å²) in [6.45, 7) is -1.76. The van der Waals surface area contributed by atoms with E-state index in [9.17, 15) is 61.3 Å². The molecule has 51 heavy (non-hydrogen) atoms. The number of aliphatic hydroxyl groups excluding tert-OH is 12. The van der Waals surface area contributed by atoms with Crippen LogP contribution in [0.5, 0.6) is 0 Å². The normalized spacial score (nSPS) is 54.1. The number of fused-ring (bicyclic) bond motifs is 1. The van der Waals surface area contributed by atoms with Crippen LogP contribution in [0.15, 0.2) is 0 Å². The van der Waals surface area contributed by atoms with Crippen molar-refractivity contribution in [2.75, 3.05) is 19.8 Å². The smallest absolute Gasteiger partial charge is 0.187 e. The van der Waals surface area contributed by atoms with Crippen molar-refractivity contribution in [1.82, 2.24) is 0 Å². The molecule has 4 aliphatic heterocycles. The Hall–Kier alpha value is -0.760. The summed E-state index contributed by atoms with van der Waals surface area (Å²) in [5.41, 5.74) is 0. The first-order valence-electron chi connectivity index (χ1n) is 17.9. The van der Waals surface area contributed by atoms with Crippen molar-refractivity contribution in [3.63, 3.8) is 0 Å². The zero-order valence-corrected chi connectivity index (χ0v) is 28.0. The zero-order valence-electron chi connectivity index (χ0n) is 28.0. The van der Waals surface area contributed by atoms with E-state index in [4.69, 9.17) is 33.2 Å². The molecular weight excluding hydrogens is 688 g/mol. The Morgan fingerprint density at radius 2 is 1.16 bits per heavy atom. The second kappa shape index (κ2) is 16.9. The molecule has 0 aromatic heterocycles. The Balaban J connectivity index is 1.26. The highest BCUT2D eigenvalue weighted by Gasteiger charge is 2.57. The van der Waals surface area contributed by atoms with E-state index in [1.807, 2.05) is 0 Å². The molecule has 6 aliphatic rings. The molecule has 2 aliphatic carbocycles. The summed E-state index contributed by atoms with van der Waals surface area (Å²) in [7, 11) is 0. The lowest BCUT2D eigenvalue weighted by molar-refractivity contribution is -0.385. The van der Waals surface area contributed by atoms with Gasteiger partial charge in [0.1, 0.15) is 73.2 Å². The predicted molar refractivity (Wildman–Crippen MR) is 165 cm³/mol. The van der Waals surface area contributed by atoms with Gasteiger partial charge in [0.05, 0.1) is 44.1 Å². The van der Waals surface area contributed by atoms with E-state index >= 15 is 0 Å². The molecule has 296 valence electrons. The first-order valence-corrected chi connectivity index (χ1v) is 17.9. The maximum Gasteiger partial charge on any atom is 0.187 e. The standard InChI is InChI=1S/C32H54O19/c33-8-19-22(39)24(41)27(44)31(49-19)47-17-6-13(36)5-16-14(17)7-18(28(46-16)11-1-3-12(35)4-2-11)48-32-29(25(42)23(40)20(9-34)50-32)51-30-26(43)21(38)15(37)10-45-30/h11-44H,1-10H2/p+1. The van der Waals surface area contributed by atoms with Gasteiger partial charge in [0.25, 0.3) is 0 Å². The van der Waals surface area contributed by atoms with Crippen molar-refractivity contribution in [1.29, 1.82) is 0 Å². The van der Waals surface area contributed by atoms with Crippen LogP contribution in [0.3, 0.4) is 0 Å². The fourth-order valence-electron chi connectivity index (χ4n) is 8.50. The van der Waals surface area contributed by atoms with Crippen LogP contribution < -0.4 is 0 Å². The molecule has 20 unspecified atom stereocenters. The molecule has 13 N–H and O–H groups in total. The monoisotopic (exact) mass is 743 g/mol. The molecule has 0 amide bonds. The Morgan fingerprint density at radius 3 is 1.82 bits per heavy atom. The minimum absolute atomic E-state index is 0.0736. The lowest BCUT2D eigenvalue weighted by Crippen LogP contribution is -2.65. The minimum atomic E-state index is -1.74. The lowest BCUT2D eigenvalue weighted by atomic mass is 9.73. The number of rotatable bonds is 9. The van der Waals surface area contributed by atoms with Gasteiger partial charge in [-0.2, -0.15) is 0 Å². The largest absolute Gasteiger partial charge is 0.427 e. The third-order valence-corrected chi connectivity index (χ3v) is 11.5. The third kappa shape index (κ3) is 8.42. The van der Waals surface area contributed by atoms with Gasteiger partial charge in [-0.05, 0) is 32.1 Å². The third-order valence-electron chi connectivity index (χ3n) is 11.5. The van der Waals surface area contributed by atoms with Gasteiger partial charge < -0.3 is 94.4 Å². The van der Waals surface area contributed by atoms with Crippen molar-refractivity contribution >= 4 is 0 Å². The summed E-state index contributed by atoms with van der Waals surface area (Å²) in [6, 6.07) is 0. The highest BCUT2D eigenvalue weighted by Crippen LogP contribution is 2.44. The maximum atomic E-state index is 11.2. The van der Waals surface area contributed by atoms with Crippen LogP contribution in [0, 0.1) is 11.8 Å². The van der Waals surface area contributed by atoms with Crippen molar-refractivity contribution in [2.24, 2.45) is 11.8 Å². The van der Waals surface area contributed by atoms with E-state index in [-0.39, 0.29) is 25.2 Å². The van der Waals surface area contributed by atoms with Gasteiger partial charge in [-0.15, -0.1) is 0 Å². The van der Waals surface area contributed by atoms with E-state index < -0.39 is 148 Å². The van der Waals surface area contributed by atoms with Gasteiger partial charge >= 0.3 is 0 Å². The first kappa shape index (κ1) is 39.9. The van der Waals surface area contributed by atoms with Crippen LogP contribution in [-0.4, -0.2) is 208 Å². The minimum Gasteiger partial charge on any atom is -0.427 e. The summed E-state index contributed by atoms with van der Waals surface area (Å²) in [5.74, 6) is -0.543. The van der Waals surface area contributed by atoms with Gasteiger partial charge in [0.2, 0.25) is 0 Å². The van der Waals surface area contributed by atoms with Gasteiger partial charge in [-0.3, -0.25) is 0 Å². The number of hydrogen-bond acceptors (Lipinski definition) is 18. The average Bonchev–Trinajstić information content (AvgIpc) is 3.11. The van der Waals surface area contributed by atoms with Gasteiger partial charge in [0.15, 0.2) is 31.1 Å². The summed E-state index contributed by atoms with van der Waals surface area (Å²) in [5, 5.41) is 125. The van der Waals surface area contributed by atoms with Crippen LogP contribution in [0.2, 0.25) is 0 Å². The first-order chi connectivity index (χ1) is 24.3. The Kier molecular flexibility index (Phi) is 13.3. The van der Waals surface area contributed by atoms with E-state index in [1.165, 1.54) is 0 Å². The van der Waals surface area contributed by atoms with Gasteiger partial charge in [0, 0.05) is 18.8 Å². The van der Waals surface area contributed by atoms with E-state index in [1.54, 1.807) is 0 Å². The molecule has 19 heteroatoms. The molecule has 6 rings (SSSR count).